The van der Waals surface area contributed by atoms with Gasteiger partial charge in [0.05, 0.1) is 13.2 Å². The van der Waals surface area contributed by atoms with Crippen LogP contribution < -0.4 is 16.0 Å². The van der Waals surface area contributed by atoms with E-state index >= 15 is 0 Å². The van der Waals surface area contributed by atoms with Crippen LogP contribution in [0.3, 0.4) is 0 Å². The van der Waals surface area contributed by atoms with E-state index in [1.807, 2.05) is 0 Å². The van der Waals surface area contributed by atoms with E-state index < -0.39 is 0 Å². The quantitative estimate of drug-likeness (QED) is 0.225. The Kier molecular flexibility index (Phi) is 9.73. The fourth-order valence-corrected chi connectivity index (χ4v) is 2.23. The Morgan fingerprint density at radius 1 is 1.14 bits per heavy atom. The molecule has 0 radical (unpaired) electrons. The van der Waals surface area contributed by atoms with Gasteiger partial charge >= 0.3 is 0 Å². The van der Waals surface area contributed by atoms with Crippen molar-refractivity contribution in [1.82, 2.24) is 20.9 Å². The largest absolute Gasteiger partial charge is 0.379 e. The minimum Gasteiger partial charge on any atom is -0.379 e. The lowest BCUT2D eigenvalue weighted by molar-refractivity contribution is -0.122. The zero-order valence-electron chi connectivity index (χ0n) is 13.3. The molecular weight excluding hydrogens is 397 g/mol. The molecule has 1 saturated heterocycles. The summed E-state index contributed by atoms with van der Waals surface area (Å²) in [6.45, 7) is 6.83. The zero-order valence-corrected chi connectivity index (χ0v) is 15.6. The van der Waals surface area contributed by atoms with Crippen LogP contribution in [0.25, 0.3) is 0 Å². The number of nitrogens with one attached hydrogen (secondary N) is 3. The number of hydrogen-bond donors (Lipinski definition) is 3. The van der Waals surface area contributed by atoms with Crippen LogP contribution in [0.4, 0.5) is 0 Å². The Balaban J connectivity index is 0.00000242. The number of amides is 1. The van der Waals surface area contributed by atoms with Gasteiger partial charge in [-0.15, -0.1) is 24.0 Å². The van der Waals surface area contributed by atoms with Crippen molar-refractivity contribution >= 4 is 35.8 Å². The van der Waals surface area contributed by atoms with Crippen molar-refractivity contribution in [2.24, 2.45) is 10.9 Å². The van der Waals surface area contributed by atoms with Crippen molar-refractivity contribution in [3.8, 4) is 0 Å². The first-order valence-electron chi connectivity index (χ1n) is 7.82. The predicted octanol–water partition coefficient (Wildman–Crippen LogP) is -0.372. The van der Waals surface area contributed by atoms with Gasteiger partial charge in [0.1, 0.15) is 0 Å². The number of nitrogens with zero attached hydrogens (tertiary/aromatic N) is 2. The van der Waals surface area contributed by atoms with Crippen molar-refractivity contribution in [1.29, 1.82) is 0 Å². The molecule has 1 aliphatic carbocycles. The van der Waals surface area contributed by atoms with E-state index in [4.69, 9.17) is 4.74 Å². The molecule has 0 aromatic heterocycles. The smallest absolute Gasteiger partial charge is 0.223 e. The predicted molar refractivity (Wildman–Crippen MR) is 97.8 cm³/mol. The third-order valence-electron chi connectivity index (χ3n) is 3.71. The molecule has 1 amide bonds. The van der Waals surface area contributed by atoms with Crippen LogP contribution in [0.5, 0.6) is 0 Å². The number of morpholine rings is 1. The number of ether oxygens (including phenoxy) is 1. The number of rotatable bonds is 7. The number of aliphatic imine (C=N–C) groups is 1. The molecule has 0 atom stereocenters. The van der Waals surface area contributed by atoms with Crippen LogP contribution >= 0.6 is 24.0 Å². The van der Waals surface area contributed by atoms with Crippen molar-refractivity contribution in [2.75, 3.05) is 59.5 Å². The maximum absolute atomic E-state index is 11.5. The number of guanidine groups is 1. The van der Waals surface area contributed by atoms with Crippen LogP contribution in [-0.2, 0) is 9.53 Å². The zero-order chi connectivity index (χ0) is 14.9. The summed E-state index contributed by atoms with van der Waals surface area (Å²) in [5.41, 5.74) is 0. The van der Waals surface area contributed by atoms with Gasteiger partial charge in [-0.25, -0.2) is 0 Å². The summed E-state index contributed by atoms with van der Waals surface area (Å²) in [5, 5.41) is 9.41. The van der Waals surface area contributed by atoms with Gasteiger partial charge in [0.25, 0.3) is 0 Å². The second kappa shape index (κ2) is 11.0. The highest BCUT2D eigenvalue weighted by Gasteiger charge is 2.28. The molecule has 7 nitrogen and oxygen atoms in total. The molecule has 22 heavy (non-hydrogen) atoms. The Labute approximate surface area is 149 Å². The highest BCUT2D eigenvalue weighted by atomic mass is 127. The molecule has 3 N–H and O–H groups in total. The molecule has 0 bridgehead atoms. The number of carbonyl (C=O) groups is 1. The molecular formula is C14H28IN5O2. The summed E-state index contributed by atoms with van der Waals surface area (Å²) in [6.07, 6.45) is 2.09. The van der Waals surface area contributed by atoms with E-state index in [1.54, 1.807) is 7.05 Å². The molecule has 1 saturated carbocycles. The molecule has 2 fully saturated rings. The van der Waals surface area contributed by atoms with E-state index in [0.29, 0.717) is 13.1 Å². The van der Waals surface area contributed by atoms with Crippen molar-refractivity contribution in [2.45, 2.75) is 12.8 Å². The van der Waals surface area contributed by atoms with Gasteiger partial charge in [0.2, 0.25) is 5.91 Å². The normalized spacial score (nSPS) is 19.2. The van der Waals surface area contributed by atoms with E-state index in [0.717, 1.165) is 58.2 Å². The average molecular weight is 425 g/mol. The second-order valence-electron chi connectivity index (χ2n) is 5.45. The monoisotopic (exact) mass is 425 g/mol. The highest BCUT2D eigenvalue weighted by Crippen LogP contribution is 2.28. The van der Waals surface area contributed by atoms with Crippen LogP contribution in [-0.4, -0.2) is 76.3 Å². The SMILES string of the molecule is CN=C(NCCNC(=O)C1CC1)NCCN1CCOCC1.I. The lowest BCUT2D eigenvalue weighted by Crippen LogP contribution is -2.45. The molecule has 0 unspecified atom stereocenters. The van der Waals surface area contributed by atoms with Gasteiger partial charge in [-0.05, 0) is 12.8 Å². The molecule has 2 rings (SSSR count). The Hall–Kier alpha value is -0.610. The molecule has 0 aromatic carbocycles. The van der Waals surface area contributed by atoms with Gasteiger partial charge < -0.3 is 20.7 Å². The molecule has 8 heteroatoms. The summed E-state index contributed by atoms with van der Waals surface area (Å²) in [5.74, 6) is 1.24. The Morgan fingerprint density at radius 2 is 1.77 bits per heavy atom. The Morgan fingerprint density at radius 3 is 2.41 bits per heavy atom. The first-order valence-corrected chi connectivity index (χ1v) is 7.82. The van der Waals surface area contributed by atoms with E-state index in [-0.39, 0.29) is 35.8 Å². The van der Waals surface area contributed by atoms with Gasteiger partial charge in [-0.1, -0.05) is 0 Å². The van der Waals surface area contributed by atoms with Crippen molar-refractivity contribution < 1.29 is 9.53 Å². The number of carbonyl (C=O) groups excluding carboxylic acids is 1. The number of halogens is 1. The highest BCUT2D eigenvalue weighted by molar-refractivity contribution is 14.0. The molecule has 1 heterocycles. The van der Waals surface area contributed by atoms with Crippen molar-refractivity contribution in [3.63, 3.8) is 0 Å². The summed E-state index contributed by atoms with van der Waals surface area (Å²) >= 11 is 0. The molecule has 0 aromatic rings. The molecule has 1 aliphatic heterocycles. The third kappa shape index (κ3) is 7.59. The number of hydrogen-bond acceptors (Lipinski definition) is 4. The van der Waals surface area contributed by atoms with Gasteiger partial charge in [-0.3, -0.25) is 14.7 Å². The van der Waals surface area contributed by atoms with Crippen LogP contribution in [0.1, 0.15) is 12.8 Å². The maximum atomic E-state index is 11.5. The third-order valence-corrected chi connectivity index (χ3v) is 3.71. The summed E-state index contributed by atoms with van der Waals surface area (Å²) in [7, 11) is 1.76. The van der Waals surface area contributed by atoms with Crippen LogP contribution in [0.15, 0.2) is 4.99 Å². The maximum Gasteiger partial charge on any atom is 0.223 e. The minimum atomic E-state index is 0. The molecule has 0 spiro atoms. The molecule has 2 aliphatic rings. The fourth-order valence-electron chi connectivity index (χ4n) is 2.23. The van der Waals surface area contributed by atoms with E-state index in [1.165, 1.54) is 0 Å². The van der Waals surface area contributed by atoms with Gasteiger partial charge in [0.15, 0.2) is 5.96 Å². The summed E-state index contributed by atoms with van der Waals surface area (Å²) < 4.78 is 5.32. The van der Waals surface area contributed by atoms with E-state index in [2.05, 4.69) is 25.8 Å². The minimum absolute atomic E-state index is 0. The van der Waals surface area contributed by atoms with Gasteiger partial charge in [0, 0.05) is 52.2 Å². The lowest BCUT2D eigenvalue weighted by atomic mass is 10.4. The first-order chi connectivity index (χ1) is 10.3. The van der Waals surface area contributed by atoms with Crippen LogP contribution in [0.2, 0.25) is 0 Å². The standard InChI is InChI=1S/C14H27N5O2.HI/c1-15-14(17-5-4-16-13(20)12-2-3-12)18-6-7-19-8-10-21-11-9-19;/h12H,2-11H2,1H3,(H,16,20)(H2,15,17,18);1H. The fraction of sp³-hybridized carbons (Fsp3) is 0.857. The first kappa shape index (κ1) is 19.4. The summed E-state index contributed by atoms with van der Waals surface area (Å²) in [6, 6.07) is 0. The summed E-state index contributed by atoms with van der Waals surface area (Å²) in [4.78, 5) is 18.0. The second-order valence-corrected chi connectivity index (χ2v) is 5.45. The van der Waals surface area contributed by atoms with E-state index in [9.17, 15) is 4.79 Å². The van der Waals surface area contributed by atoms with Gasteiger partial charge in [-0.2, -0.15) is 0 Å². The topological polar surface area (TPSA) is 78.0 Å². The van der Waals surface area contributed by atoms with Crippen LogP contribution in [0, 0.1) is 5.92 Å². The Bertz CT molecular complexity index is 357. The molecule has 128 valence electrons. The average Bonchev–Trinajstić information content (AvgIpc) is 3.35. The van der Waals surface area contributed by atoms with Crippen molar-refractivity contribution in [3.05, 3.63) is 0 Å². The lowest BCUT2D eigenvalue weighted by Gasteiger charge is -2.26.